The van der Waals surface area contributed by atoms with E-state index in [0.29, 0.717) is 12.1 Å². The van der Waals surface area contributed by atoms with Crippen LogP contribution in [0.5, 0.6) is 0 Å². The first kappa shape index (κ1) is 13.1. The highest BCUT2D eigenvalue weighted by Crippen LogP contribution is 2.20. The minimum absolute atomic E-state index is 0.0488. The maximum atomic E-state index is 12.6. The van der Waals surface area contributed by atoms with E-state index in [-0.39, 0.29) is 11.9 Å². The molecule has 0 saturated carbocycles. The number of amides is 1. The summed E-state index contributed by atoms with van der Waals surface area (Å²) in [6.07, 6.45) is 3.19. The van der Waals surface area contributed by atoms with Gasteiger partial charge in [0.2, 0.25) is 0 Å². The number of hydrogen-bond acceptors (Lipinski definition) is 4. The van der Waals surface area contributed by atoms with Crippen molar-refractivity contribution in [1.29, 1.82) is 0 Å². The largest absolute Gasteiger partial charge is 0.334 e. The molecule has 0 radical (unpaired) electrons. The summed E-state index contributed by atoms with van der Waals surface area (Å²) < 4.78 is 1.70. The predicted octanol–water partition coefficient (Wildman–Crippen LogP) is 0.922. The SMILES string of the molecule is Cn1nnc2cc(C(=O)N3CCCCC3CN)ccc21. The quantitative estimate of drug-likeness (QED) is 0.882. The van der Waals surface area contributed by atoms with Gasteiger partial charge in [-0.15, -0.1) is 5.10 Å². The summed E-state index contributed by atoms with van der Waals surface area (Å²) >= 11 is 0. The van der Waals surface area contributed by atoms with Crippen LogP contribution in [0, 0.1) is 0 Å². The van der Waals surface area contributed by atoms with Gasteiger partial charge in [-0.05, 0) is 37.5 Å². The molecule has 1 unspecified atom stereocenters. The second-order valence-electron chi connectivity index (χ2n) is 5.30. The molecule has 2 N–H and O–H groups in total. The van der Waals surface area contributed by atoms with Crippen LogP contribution in [-0.4, -0.2) is 44.9 Å². The Hall–Kier alpha value is -1.95. The zero-order valence-electron chi connectivity index (χ0n) is 11.6. The average molecular weight is 273 g/mol. The first-order valence-corrected chi connectivity index (χ1v) is 7.01. The zero-order chi connectivity index (χ0) is 14.1. The number of aryl methyl sites for hydroxylation is 1. The fourth-order valence-corrected chi connectivity index (χ4v) is 2.85. The maximum Gasteiger partial charge on any atom is 0.254 e. The number of rotatable bonds is 2. The molecule has 1 amide bonds. The van der Waals surface area contributed by atoms with E-state index < -0.39 is 0 Å². The lowest BCUT2D eigenvalue weighted by Gasteiger charge is -2.35. The van der Waals surface area contributed by atoms with Gasteiger partial charge < -0.3 is 10.6 Å². The molecule has 1 fully saturated rings. The van der Waals surface area contributed by atoms with Crippen LogP contribution in [0.1, 0.15) is 29.6 Å². The molecule has 2 heterocycles. The van der Waals surface area contributed by atoms with E-state index in [1.54, 1.807) is 4.68 Å². The van der Waals surface area contributed by atoms with Gasteiger partial charge in [-0.2, -0.15) is 0 Å². The van der Waals surface area contributed by atoms with Crippen LogP contribution >= 0.6 is 0 Å². The van der Waals surface area contributed by atoms with Crippen LogP contribution in [-0.2, 0) is 7.05 Å². The molecule has 6 nitrogen and oxygen atoms in total. The number of piperidine rings is 1. The van der Waals surface area contributed by atoms with Crippen molar-refractivity contribution in [1.82, 2.24) is 19.9 Å². The molecule has 0 aliphatic carbocycles. The normalized spacial score (nSPS) is 19.5. The molecular formula is C14H19N5O. The Morgan fingerprint density at radius 3 is 3.10 bits per heavy atom. The first-order valence-electron chi connectivity index (χ1n) is 7.01. The Bertz CT molecular complexity index is 636. The van der Waals surface area contributed by atoms with Crippen molar-refractivity contribution in [3.63, 3.8) is 0 Å². The monoisotopic (exact) mass is 273 g/mol. The van der Waals surface area contributed by atoms with Gasteiger partial charge in [0.25, 0.3) is 5.91 Å². The van der Waals surface area contributed by atoms with Crippen LogP contribution in [0.2, 0.25) is 0 Å². The van der Waals surface area contributed by atoms with Gasteiger partial charge in [0.1, 0.15) is 5.52 Å². The summed E-state index contributed by atoms with van der Waals surface area (Å²) in [5.74, 6) is 0.0488. The molecule has 20 heavy (non-hydrogen) atoms. The number of likely N-dealkylation sites (tertiary alicyclic amines) is 1. The van der Waals surface area contributed by atoms with Crippen LogP contribution < -0.4 is 5.73 Å². The van der Waals surface area contributed by atoms with Crippen LogP contribution in [0.15, 0.2) is 18.2 Å². The third-order valence-electron chi connectivity index (χ3n) is 4.02. The number of benzene rings is 1. The fourth-order valence-electron chi connectivity index (χ4n) is 2.85. The topological polar surface area (TPSA) is 77.0 Å². The lowest BCUT2D eigenvalue weighted by molar-refractivity contribution is 0.0623. The van der Waals surface area contributed by atoms with E-state index in [0.717, 1.165) is 36.8 Å². The third-order valence-corrected chi connectivity index (χ3v) is 4.02. The standard InChI is InChI=1S/C14H19N5O/c1-18-13-6-5-10(8-12(13)16-17-18)14(20)19-7-3-2-4-11(19)9-15/h5-6,8,11H,2-4,7,9,15H2,1H3. The first-order chi connectivity index (χ1) is 9.70. The van der Waals surface area contributed by atoms with Crippen molar-refractivity contribution in [3.05, 3.63) is 23.8 Å². The molecule has 106 valence electrons. The lowest BCUT2D eigenvalue weighted by atomic mass is 10.0. The molecule has 1 aliphatic rings. The lowest BCUT2D eigenvalue weighted by Crippen LogP contribution is -2.47. The van der Waals surface area contributed by atoms with Crippen LogP contribution in [0.4, 0.5) is 0 Å². The minimum atomic E-state index is 0.0488. The summed E-state index contributed by atoms with van der Waals surface area (Å²) in [5.41, 5.74) is 8.13. The van der Waals surface area contributed by atoms with E-state index in [2.05, 4.69) is 10.3 Å². The molecule has 3 rings (SSSR count). The van der Waals surface area contributed by atoms with Crippen molar-refractivity contribution in [2.45, 2.75) is 25.3 Å². The number of carbonyl (C=O) groups excluding carboxylic acids is 1. The molecule has 1 aromatic carbocycles. The number of nitrogens with two attached hydrogens (primary N) is 1. The Morgan fingerprint density at radius 1 is 1.45 bits per heavy atom. The second kappa shape index (κ2) is 5.20. The van der Waals surface area contributed by atoms with Crippen molar-refractivity contribution >= 4 is 16.9 Å². The van der Waals surface area contributed by atoms with E-state index in [4.69, 9.17) is 5.73 Å². The molecule has 6 heteroatoms. The molecule has 0 bridgehead atoms. The smallest absolute Gasteiger partial charge is 0.254 e. The number of hydrogen-bond donors (Lipinski definition) is 1. The Kier molecular flexibility index (Phi) is 3.40. The Morgan fingerprint density at radius 2 is 2.30 bits per heavy atom. The minimum Gasteiger partial charge on any atom is -0.334 e. The van der Waals surface area contributed by atoms with Crippen molar-refractivity contribution < 1.29 is 4.79 Å². The van der Waals surface area contributed by atoms with Crippen molar-refractivity contribution in [2.24, 2.45) is 12.8 Å². The van der Waals surface area contributed by atoms with Crippen LogP contribution in [0.3, 0.4) is 0 Å². The number of carbonyl (C=O) groups is 1. The summed E-state index contributed by atoms with van der Waals surface area (Å²) in [6.45, 7) is 1.32. The number of aromatic nitrogens is 3. The van der Waals surface area contributed by atoms with Gasteiger partial charge in [-0.1, -0.05) is 5.21 Å². The summed E-state index contributed by atoms with van der Waals surface area (Å²) in [6, 6.07) is 5.71. The number of fused-ring (bicyclic) bond motifs is 1. The molecule has 1 aliphatic heterocycles. The summed E-state index contributed by atoms with van der Waals surface area (Å²) in [4.78, 5) is 14.5. The molecule has 1 saturated heterocycles. The van der Waals surface area contributed by atoms with Crippen molar-refractivity contribution in [2.75, 3.05) is 13.1 Å². The van der Waals surface area contributed by atoms with Gasteiger partial charge in [0, 0.05) is 31.7 Å². The molecule has 1 aromatic heterocycles. The average Bonchev–Trinajstić information content (AvgIpc) is 2.87. The second-order valence-corrected chi connectivity index (χ2v) is 5.30. The van der Waals surface area contributed by atoms with Gasteiger partial charge >= 0.3 is 0 Å². The summed E-state index contributed by atoms with van der Waals surface area (Å²) in [5, 5.41) is 8.02. The Labute approximate surface area is 117 Å². The molecular weight excluding hydrogens is 254 g/mol. The fraction of sp³-hybridized carbons (Fsp3) is 0.500. The van der Waals surface area contributed by atoms with E-state index >= 15 is 0 Å². The molecule has 2 aromatic rings. The number of nitrogens with zero attached hydrogens (tertiary/aromatic N) is 4. The molecule has 0 spiro atoms. The van der Waals surface area contributed by atoms with E-state index in [1.807, 2.05) is 30.1 Å². The Balaban J connectivity index is 1.91. The van der Waals surface area contributed by atoms with Gasteiger partial charge in [0.15, 0.2) is 0 Å². The predicted molar refractivity (Wildman–Crippen MR) is 76.2 cm³/mol. The highest BCUT2D eigenvalue weighted by molar-refractivity contribution is 5.97. The van der Waals surface area contributed by atoms with Gasteiger partial charge in [-0.25, -0.2) is 4.68 Å². The van der Waals surface area contributed by atoms with Crippen LogP contribution in [0.25, 0.3) is 11.0 Å². The highest BCUT2D eigenvalue weighted by atomic mass is 16.2. The maximum absolute atomic E-state index is 12.6. The zero-order valence-corrected chi connectivity index (χ0v) is 11.6. The summed E-state index contributed by atoms with van der Waals surface area (Å²) in [7, 11) is 1.84. The van der Waals surface area contributed by atoms with Crippen molar-refractivity contribution in [3.8, 4) is 0 Å². The van der Waals surface area contributed by atoms with E-state index in [9.17, 15) is 4.79 Å². The van der Waals surface area contributed by atoms with Gasteiger partial charge in [0.05, 0.1) is 5.52 Å². The highest BCUT2D eigenvalue weighted by Gasteiger charge is 2.26. The van der Waals surface area contributed by atoms with E-state index in [1.165, 1.54) is 0 Å². The molecule has 1 atom stereocenters. The third kappa shape index (κ3) is 2.16. The van der Waals surface area contributed by atoms with Gasteiger partial charge in [-0.3, -0.25) is 4.79 Å².